The van der Waals surface area contributed by atoms with Gasteiger partial charge in [-0.2, -0.15) is 0 Å². The van der Waals surface area contributed by atoms with Gasteiger partial charge >= 0.3 is 6.36 Å². The molecule has 2 amide bonds. The molecule has 0 fully saturated rings. The van der Waals surface area contributed by atoms with E-state index in [4.69, 9.17) is 0 Å². The summed E-state index contributed by atoms with van der Waals surface area (Å²) in [5, 5.41) is 2.54. The van der Waals surface area contributed by atoms with E-state index in [1.165, 1.54) is 19.1 Å². The van der Waals surface area contributed by atoms with Crippen LogP contribution in [-0.2, 0) is 11.2 Å². The molecule has 1 heterocycles. The number of halogens is 3. The zero-order chi connectivity index (χ0) is 18.9. The molecule has 0 radical (unpaired) electrons. The number of carbonyl (C=O) groups is 2. The largest absolute Gasteiger partial charge is 0.573 e. The Hall–Kier alpha value is -3.03. The molecule has 3 rings (SSSR count). The number of carbonyl (C=O) groups excluding carboxylic acids is 2. The van der Waals surface area contributed by atoms with Gasteiger partial charge in [-0.15, -0.1) is 13.2 Å². The van der Waals surface area contributed by atoms with Gasteiger partial charge in [-0.05, 0) is 42.3 Å². The number of nitrogens with one attached hydrogen (secondary N) is 1. The molecule has 8 heteroatoms. The molecule has 0 atom stereocenters. The van der Waals surface area contributed by atoms with Gasteiger partial charge < -0.3 is 15.0 Å². The van der Waals surface area contributed by atoms with E-state index in [1.807, 2.05) is 0 Å². The average Bonchev–Trinajstić information content (AvgIpc) is 2.96. The molecule has 0 spiro atoms. The first kappa shape index (κ1) is 17.8. The van der Waals surface area contributed by atoms with Crippen molar-refractivity contribution >= 4 is 23.2 Å². The number of fused-ring (bicyclic) bond motifs is 1. The lowest BCUT2D eigenvalue weighted by Gasteiger charge is -2.15. The van der Waals surface area contributed by atoms with E-state index in [-0.39, 0.29) is 11.6 Å². The summed E-state index contributed by atoms with van der Waals surface area (Å²) < 4.78 is 40.7. The van der Waals surface area contributed by atoms with Crippen LogP contribution in [0.2, 0.25) is 0 Å². The van der Waals surface area contributed by atoms with Crippen LogP contribution in [0.4, 0.5) is 24.5 Å². The summed E-state index contributed by atoms with van der Waals surface area (Å²) >= 11 is 0. The van der Waals surface area contributed by atoms with E-state index >= 15 is 0 Å². The zero-order valence-corrected chi connectivity index (χ0v) is 13.8. The molecule has 0 bridgehead atoms. The lowest BCUT2D eigenvalue weighted by molar-refractivity contribution is -0.274. The predicted molar refractivity (Wildman–Crippen MR) is 89.3 cm³/mol. The number of ether oxygens (including phenoxy) is 1. The molecule has 2 aromatic rings. The van der Waals surface area contributed by atoms with E-state index in [0.717, 1.165) is 23.4 Å². The van der Waals surface area contributed by atoms with Gasteiger partial charge in [0.15, 0.2) is 0 Å². The van der Waals surface area contributed by atoms with Gasteiger partial charge in [-0.25, -0.2) is 0 Å². The summed E-state index contributed by atoms with van der Waals surface area (Å²) in [4.78, 5) is 25.6. The van der Waals surface area contributed by atoms with Gasteiger partial charge in [0.25, 0.3) is 5.91 Å². The number of hydrogen-bond acceptors (Lipinski definition) is 3. The standard InChI is InChI=1S/C18H15F3N2O3/c1-11(24)23-8-7-12-9-13(5-6-16(12)23)17(25)22-14-3-2-4-15(10-14)26-18(19,20)21/h2-6,9-10H,7-8H2,1H3,(H,22,25). The van der Waals surface area contributed by atoms with Crippen molar-refractivity contribution < 1.29 is 27.5 Å². The van der Waals surface area contributed by atoms with E-state index in [9.17, 15) is 22.8 Å². The van der Waals surface area contributed by atoms with Gasteiger partial charge in [0.1, 0.15) is 5.75 Å². The Kier molecular flexibility index (Phi) is 4.58. The predicted octanol–water partition coefficient (Wildman–Crippen LogP) is 3.75. The summed E-state index contributed by atoms with van der Waals surface area (Å²) in [6.07, 6.45) is -4.16. The summed E-state index contributed by atoms with van der Waals surface area (Å²) in [5.74, 6) is -0.943. The third kappa shape index (κ3) is 3.96. The van der Waals surface area contributed by atoms with Crippen LogP contribution in [0.15, 0.2) is 42.5 Å². The molecule has 1 N–H and O–H groups in total. The number of benzene rings is 2. The van der Waals surface area contributed by atoms with E-state index in [0.29, 0.717) is 18.5 Å². The van der Waals surface area contributed by atoms with Crippen molar-refractivity contribution in [1.82, 2.24) is 0 Å². The maximum atomic E-state index is 12.4. The van der Waals surface area contributed by atoms with Crippen LogP contribution in [0.5, 0.6) is 5.75 Å². The molecule has 0 saturated carbocycles. The van der Waals surface area contributed by atoms with Crippen LogP contribution in [-0.4, -0.2) is 24.7 Å². The highest BCUT2D eigenvalue weighted by atomic mass is 19.4. The Bertz CT molecular complexity index is 865. The number of anilines is 2. The summed E-state index contributed by atoms with van der Waals surface area (Å²) in [6.45, 7) is 2.04. The number of alkyl halides is 3. The van der Waals surface area contributed by atoms with E-state index < -0.39 is 18.0 Å². The first-order chi connectivity index (χ1) is 12.2. The van der Waals surface area contributed by atoms with Crippen LogP contribution < -0.4 is 15.0 Å². The first-order valence-electron chi connectivity index (χ1n) is 7.81. The van der Waals surface area contributed by atoms with Gasteiger partial charge in [0.05, 0.1) is 0 Å². The van der Waals surface area contributed by atoms with Gasteiger partial charge in [0.2, 0.25) is 5.91 Å². The lowest BCUT2D eigenvalue weighted by atomic mass is 10.1. The molecule has 2 aromatic carbocycles. The molecule has 0 aromatic heterocycles. The summed E-state index contributed by atoms with van der Waals surface area (Å²) in [5.41, 5.74) is 2.19. The fourth-order valence-electron chi connectivity index (χ4n) is 2.84. The molecule has 1 aliphatic heterocycles. The molecule has 136 valence electrons. The smallest absolute Gasteiger partial charge is 0.406 e. The quantitative estimate of drug-likeness (QED) is 0.903. The third-order valence-electron chi connectivity index (χ3n) is 3.94. The van der Waals surface area contributed by atoms with Crippen molar-refractivity contribution in [2.24, 2.45) is 0 Å². The van der Waals surface area contributed by atoms with Crippen LogP contribution in [0.3, 0.4) is 0 Å². The van der Waals surface area contributed by atoms with Gasteiger partial charge in [-0.3, -0.25) is 9.59 Å². The van der Waals surface area contributed by atoms with Crippen molar-refractivity contribution in [3.05, 3.63) is 53.6 Å². The highest BCUT2D eigenvalue weighted by Gasteiger charge is 2.31. The fraction of sp³-hybridized carbons (Fsp3) is 0.222. The minimum Gasteiger partial charge on any atom is -0.406 e. The van der Waals surface area contributed by atoms with Crippen molar-refractivity contribution in [3.63, 3.8) is 0 Å². The van der Waals surface area contributed by atoms with Crippen molar-refractivity contribution in [2.75, 3.05) is 16.8 Å². The molecule has 26 heavy (non-hydrogen) atoms. The van der Waals surface area contributed by atoms with Gasteiger partial charge in [0, 0.05) is 36.5 Å². The van der Waals surface area contributed by atoms with Crippen LogP contribution in [0.1, 0.15) is 22.8 Å². The monoisotopic (exact) mass is 364 g/mol. The highest BCUT2D eigenvalue weighted by Crippen LogP contribution is 2.29. The van der Waals surface area contributed by atoms with Crippen molar-refractivity contribution in [2.45, 2.75) is 19.7 Å². The van der Waals surface area contributed by atoms with Crippen molar-refractivity contribution in [1.29, 1.82) is 0 Å². The molecule has 1 aliphatic rings. The average molecular weight is 364 g/mol. The third-order valence-corrected chi connectivity index (χ3v) is 3.94. The number of rotatable bonds is 3. The second kappa shape index (κ2) is 6.70. The van der Waals surface area contributed by atoms with Crippen LogP contribution >= 0.6 is 0 Å². The number of hydrogen-bond donors (Lipinski definition) is 1. The highest BCUT2D eigenvalue weighted by molar-refractivity contribution is 6.05. The molecule has 5 nitrogen and oxygen atoms in total. The topological polar surface area (TPSA) is 58.6 Å². The molecule has 0 saturated heterocycles. The van der Waals surface area contributed by atoms with Crippen LogP contribution in [0.25, 0.3) is 0 Å². The lowest BCUT2D eigenvalue weighted by Crippen LogP contribution is -2.25. The van der Waals surface area contributed by atoms with Gasteiger partial charge in [-0.1, -0.05) is 6.07 Å². The Balaban J connectivity index is 1.75. The molecular formula is C18H15F3N2O3. The van der Waals surface area contributed by atoms with E-state index in [2.05, 4.69) is 10.1 Å². The Labute approximate surface area is 147 Å². The minimum absolute atomic E-state index is 0.0672. The van der Waals surface area contributed by atoms with Crippen LogP contribution in [0, 0.1) is 0 Å². The second-order valence-corrected chi connectivity index (χ2v) is 5.79. The maximum Gasteiger partial charge on any atom is 0.573 e. The Morgan fingerprint density at radius 3 is 2.62 bits per heavy atom. The SMILES string of the molecule is CC(=O)N1CCc2cc(C(=O)Nc3cccc(OC(F)(F)F)c3)ccc21. The second-order valence-electron chi connectivity index (χ2n) is 5.79. The Morgan fingerprint density at radius 2 is 1.92 bits per heavy atom. The molecular weight excluding hydrogens is 349 g/mol. The minimum atomic E-state index is -4.80. The summed E-state index contributed by atoms with van der Waals surface area (Å²) in [6, 6.07) is 10.0. The molecule has 0 unspecified atom stereocenters. The maximum absolute atomic E-state index is 12.4. The summed E-state index contributed by atoms with van der Waals surface area (Å²) in [7, 11) is 0. The first-order valence-corrected chi connectivity index (χ1v) is 7.81. The van der Waals surface area contributed by atoms with E-state index in [1.54, 1.807) is 23.1 Å². The normalized spacial score (nSPS) is 13.3. The zero-order valence-electron chi connectivity index (χ0n) is 13.8. The van der Waals surface area contributed by atoms with Crippen molar-refractivity contribution in [3.8, 4) is 5.75 Å². The Morgan fingerprint density at radius 1 is 1.15 bits per heavy atom. The fourth-order valence-corrected chi connectivity index (χ4v) is 2.84. The number of nitrogens with zero attached hydrogens (tertiary/aromatic N) is 1. The molecule has 0 aliphatic carbocycles. The number of amides is 2.